The minimum atomic E-state index is -2.22. The highest BCUT2D eigenvalue weighted by atomic mass is 35.5. The molecule has 7 aromatic carbocycles. The number of rotatable bonds is 13. The highest BCUT2D eigenvalue weighted by Crippen LogP contribution is 2.49. The summed E-state index contributed by atoms with van der Waals surface area (Å²) in [5.74, 6) is -14.8. The Hall–Kier alpha value is -10.6. The topological polar surface area (TPSA) is 422 Å². The van der Waals surface area contributed by atoms with Gasteiger partial charge in [0.15, 0.2) is 29.0 Å². The van der Waals surface area contributed by atoms with E-state index in [1.807, 2.05) is 0 Å². The van der Waals surface area contributed by atoms with Crippen molar-refractivity contribution >= 4 is 64.6 Å². The van der Waals surface area contributed by atoms with Crippen LogP contribution in [-0.2, 0) is 46.5 Å². The van der Waals surface area contributed by atoms with Gasteiger partial charge in [-0.2, -0.15) is 0 Å². The maximum Gasteiger partial charge on any atom is 0.330 e. The lowest BCUT2D eigenvalue weighted by Crippen LogP contribution is -2.55. The highest BCUT2D eigenvalue weighted by Gasteiger charge is 2.42. The van der Waals surface area contributed by atoms with Gasteiger partial charge in [0.05, 0.1) is 15.6 Å². The van der Waals surface area contributed by atoms with E-state index in [0.29, 0.717) is 18.5 Å². The van der Waals surface area contributed by atoms with Crippen LogP contribution in [0, 0.1) is 0 Å². The van der Waals surface area contributed by atoms with E-state index in [-0.39, 0.29) is 79.4 Å². The van der Waals surface area contributed by atoms with E-state index in [2.05, 4.69) is 56.0 Å². The summed E-state index contributed by atoms with van der Waals surface area (Å²) < 4.78 is 18.6. The number of hydrogen-bond donors (Lipinski definition) is 16. The summed E-state index contributed by atoms with van der Waals surface area (Å²) in [7, 11) is 0. The van der Waals surface area contributed by atoms with Gasteiger partial charge in [-0.1, -0.05) is 74.2 Å². The average Bonchev–Trinajstić information content (AvgIpc) is 0.758. The predicted molar refractivity (Wildman–Crippen MR) is 358 cm³/mol. The Kier molecular flexibility index (Phi) is 20.9. The lowest BCUT2D eigenvalue weighted by molar-refractivity contribution is -0.143. The molecule has 17 N–H and O–H groups in total. The van der Waals surface area contributed by atoms with Crippen LogP contribution in [-0.4, -0.2) is 125 Å². The molecule has 0 saturated carbocycles. The molecule has 518 valence electrons. The third-order valence-corrected chi connectivity index (χ3v) is 18.1. The van der Waals surface area contributed by atoms with Crippen molar-refractivity contribution in [1.82, 2.24) is 42.1 Å². The molecule has 17 bridgehead atoms. The average molecular weight is 1400 g/mol. The number of fused-ring (bicyclic) bond motifs is 14. The van der Waals surface area contributed by atoms with Crippen molar-refractivity contribution in [3.8, 4) is 80.1 Å². The molecular formula is C70H71Cl2N9O18. The minimum Gasteiger partial charge on any atom is -0.508 e. The van der Waals surface area contributed by atoms with Crippen LogP contribution in [0.15, 0.2) is 109 Å². The molecule has 6 aliphatic heterocycles. The number of nitrogens with zero attached hydrogens (tertiary/aromatic N) is 1. The number of phenolic OH excluding ortho intramolecular Hbond substituents is 6. The first kappa shape index (κ1) is 69.8. The number of carboxylic acids is 1. The number of carbonyl (C=O) groups excluding carboxylic acids is 6. The number of carbonyl (C=O) groups is 7. The summed E-state index contributed by atoms with van der Waals surface area (Å²) in [6.45, 7) is 6.94. The third kappa shape index (κ3) is 15.1. The molecule has 29 heteroatoms. The van der Waals surface area contributed by atoms with Crippen LogP contribution in [0.1, 0.15) is 127 Å². The Bertz CT molecular complexity index is 4360. The van der Waals surface area contributed by atoms with Crippen LogP contribution >= 0.6 is 23.2 Å². The van der Waals surface area contributed by atoms with Crippen LogP contribution in [0.4, 0.5) is 0 Å². The molecule has 7 aromatic rings. The van der Waals surface area contributed by atoms with Crippen molar-refractivity contribution in [2.75, 3.05) is 26.2 Å². The van der Waals surface area contributed by atoms with E-state index in [4.69, 9.17) is 43.1 Å². The fourth-order valence-electron chi connectivity index (χ4n) is 12.2. The molecule has 6 heterocycles. The molecule has 0 aromatic heterocycles. The zero-order valence-electron chi connectivity index (χ0n) is 53.2. The minimum absolute atomic E-state index is 0.120. The highest BCUT2D eigenvalue weighted by molar-refractivity contribution is 6.32. The van der Waals surface area contributed by atoms with Gasteiger partial charge in [0.1, 0.15) is 82.6 Å². The standard InChI is InChI=1S/C70H71Cl2N9O18/c1-3-5-17-81(18-6-4-2)19-7-16-74-31-42-48(85)30-41-54(62(42)87)40-24-34(10-12-46(40)83)56-66(91)80-60(69(94)79-59(41)70(95)96)61(86)35-11-15-50(44(72)25-35)99-53-28-37-27-52(63(53)88)98-49-14-8-32(20-43(49)71)21-45-64(89)76-57(67(92)78-58(37)68(93)77-56)36-22-38(82)29-39(23-36)97-51-26-33(9-13-47(51)84)55(73)65(90)75-45/h8-15,20,22-30,45,55-61,74,82-88H,3-7,16-19,21,31,73H2,1-2H3,(H,75,90)(H,76,89)(H,77,93)(H,78,92)(H,79,94)(H,80,91)(H,95,96)/t45-,55-,56-,57-,58-,59-,60-,61?/m0/s1. The monoisotopic (exact) mass is 1400 g/mol. The van der Waals surface area contributed by atoms with Crippen LogP contribution < -0.4 is 57.2 Å². The second-order valence-corrected chi connectivity index (χ2v) is 25.2. The number of nitrogens with one attached hydrogen (secondary N) is 7. The zero-order chi connectivity index (χ0) is 70.7. The molecule has 13 rings (SSSR count). The van der Waals surface area contributed by atoms with Gasteiger partial charge in [-0.25, -0.2) is 4.79 Å². The van der Waals surface area contributed by atoms with Gasteiger partial charge in [-0.15, -0.1) is 0 Å². The molecule has 0 saturated heterocycles. The molecule has 8 atom stereocenters. The number of aromatic hydroxyl groups is 6. The third-order valence-electron chi connectivity index (χ3n) is 17.5. The van der Waals surface area contributed by atoms with E-state index in [9.17, 15) is 55.2 Å². The van der Waals surface area contributed by atoms with E-state index >= 15 is 19.2 Å². The summed E-state index contributed by atoms with van der Waals surface area (Å²) >= 11 is 13.8. The fourth-order valence-corrected chi connectivity index (χ4v) is 12.7. The zero-order valence-corrected chi connectivity index (χ0v) is 54.7. The normalized spacial score (nSPS) is 20.7. The number of benzene rings is 7. The summed E-state index contributed by atoms with van der Waals surface area (Å²) in [6.07, 6.45) is 2.21. The first-order chi connectivity index (χ1) is 47.4. The summed E-state index contributed by atoms with van der Waals surface area (Å²) in [6, 6.07) is 7.62. The number of phenols is 6. The molecule has 0 aliphatic carbocycles. The number of hydrogen-bond acceptors (Lipinski definition) is 20. The van der Waals surface area contributed by atoms with Crippen molar-refractivity contribution in [1.29, 1.82) is 0 Å². The van der Waals surface area contributed by atoms with Crippen molar-refractivity contribution < 1.29 is 88.6 Å². The SMILES string of the molecule is CCCCN(CCCC)CCCNCc1c(O)cc2c(c1O)-c1cc(ccc1O)[C@@H]1NC(=O)[C@H]3NC(=O)[C@H]4NC(=O)[C@H](Cc5ccc(c(Cl)c5)Oc5cc3cc(c5O)Oc3ccc(cc3Cl)C(O)[C@H](NC1=O)C(=O)N[C@@H]2C(=O)O)NC(=O)[C@@H](N)c1ccc(O)c(c1)Oc1cc(O)cc4c1. The quantitative estimate of drug-likeness (QED) is 0.0501. The van der Waals surface area contributed by atoms with Gasteiger partial charge in [0, 0.05) is 35.7 Å². The van der Waals surface area contributed by atoms with E-state index in [1.165, 1.54) is 54.6 Å². The summed E-state index contributed by atoms with van der Waals surface area (Å²) in [4.78, 5) is 107. The Morgan fingerprint density at radius 2 is 1.14 bits per heavy atom. The Labute approximate surface area is 575 Å². The lowest BCUT2D eigenvalue weighted by atomic mass is 9.88. The first-order valence-electron chi connectivity index (χ1n) is 31.9. The number of aliphatic hydroxyl groups excluding tert-OH is 1. The van der Waals surface area contributed by atoms with Crippen molar-refractivity contribution in [2.45, 2.75) is 107 Å². The molecule has 6 aliphatic rings. The fraction of sp³-hybridized carbons (Fsp3) is 0.300. The van der Waals surface area contributed by atoms with Gasteiger partial charge in [0.25, 0.3) is 0 Å². The van der Waals surface area contributed by atoms with Gasteiger partial charge in [-0.3, -0.25) is 28.8 Å². The van der Waals surface area contributed by atoms with Gasteiger partial charge >= 0.3 is 5.97 Å². The smallest absolute Gasteiger partial charge is 0.330 e. The number of aliphatic hydroxyl groups is 1. The molecule has 0 radical (unpaired) electrons. The lowest BCUT2D eigenvalue weighted by Gasteiger charge is -2.31. The van der Waals surface area contributed by atoms with E-state index < -0.39 is 152 Å². The van der Waals surface area contributed by atoms with Gasteiger partial charge in [0.2, 0.25) is 41.2 Å². The van der Waals surface area contributed by atoms with Crippen LogP contribution in [0.2, 0.25) is 10.0 Å². The number of amides is 6. The van der Waals surface area contributed by atoms with Crippen molar-refractivity contribution in [3.63, 3.8) is 0 Å². The van der Waals surface area contributed by atoms with E-state index in [1.54, 1.807) is 0 Å². The van der Waals surface area contributed by atoms with Crippen LogP contribution in [0.5, 0.6) is 69.0 Å². The first-order valence-corrected chi connectivity index (χ1v) is 32.6. The second-order valence-electron chi connectivity index (χ2n) is 24.4. The number of nitrogens with two attached hydrogens (primary N) is 1. The maximum absolute atomic E-state index is 16.0. The van der Waals surface area contributed by atoms with Crippen LogP contribution in [0.25, 0.3) is 11.1 Å². The molecule has 1 unspecified atom stereocenters. The van der Waals surface area contributed by atoms with Crippen molar-refractivity contribution in [3.05, 3.63) is 164 Å². The Balaban J connectivity index is 1.09. The number of carboxylic acid groups (broad SMARTS) is 1. The van der Waals surface area contributed by atoms with E-state index in [0.717, 1.165) is 99.9 Å². The number of halogens is 2. The van der Waals surface area contributed by atoms with Crippen LogP contribution in [0.3, 0.4) is 0 Å². The number of unbranched alkanes of at least 4 members (excludes halogenated alkanes) is 2. The number of ether oxygens (including phenoxy) is 3. The Morgan fingerprint density at radius 3 is 1.80 bits per heavy atom. The molecule has 0 fully saturated rings. The van der Waals surface area contributed by atoms with Crippen molar-refractivity contribution in [2.24, 2.45) is 5.73 Å². The second kappa shape index (κ2) is 29.7. The summed E-state index contributed by atoms with van der Waals surface area (Å²) in [5.41, 5.74) is 4.35. The molecular weight excluding hydrogens is 1330 g/mol. The maximum atomic E-state index is 16.0. The molecule has 99 heavy (non-hydrogen) atoms. The molecule has 6 amide bonds. The largest absolute Gasteiger partial charge is 0.508 e. The number of aliphatic carboxylic acids is 1. The molecule has 0 spiro atoms. The Morgan fingerprint density at radius 1 is 0.556 bits per heavy atom. The van der Waals surface area contributed by atoms with Gasteiger partial charge < -0.3 is 103 Å². The molecule has 27 nitrogen and oxygen atoms in total. The summed E-state index contributed by atoms with van der Waals surface area (Å²) in [5, 5.41) is 112. The van der Waals surface area contributed by atoms with Gasteiger partial charge in [-0.05, 0) is 158 Å². The predicted octanol–water partition coefficient (Wildman–Crippen LogP) is 7.37.